The second-order valence-corrected chi connectivity index (χ2v) is 3.56. The number of hydrogen-bond donors (Lipinski definition) is 3. The van der Waals surface area contributed by atoms with Crippen molar-refractivity contribution >= 4 is 29.1 Å². The minimum absolute atomic E-state index is 0.129. The molecule has 0 aliphatic rings. The van der Waals surface area contributed by atoms with Gasteiger partial charge in [-0.15, -0.1) is 0 Å². The third-order valence-electron chi connectivity index (χ3n) is 1.91. The van der Waals surface area contributed by atoms with Gasteiger partial charge in [-0.25, -0.2) is 9.97 Å². The maximum Gasteiger partial charge on any atom is 0.242 e. The van der Waals surface area contributed by atoms with Gasteiger partial charge in [-0.3, -0.25) is 4.79 Å². The Balaban J connectivity index is 2.73. The van der Waals surface area contributed by atoms with E-state index >= 15 is 0 Å². The van der Waals surface area contributed by atoms with Crippen LogP contribution in [0.4, 0.5) is 11.6 Å². The van der Waals surface area contributed by atoms with E-state index in [2.05, 4.69) is 20.6 Å². The normalized spacial score (nSPS) is 11.9. The lowest BCUT2D eigenvalue weighted by atomic mass is 10.3. The van der Waals surface area contributed by atoms with Gasteiger partial charge in [-0.1, -0.05) is 11.6 Å². The summed E-state index contributed by atoms with van der Waals surface area (Å²) in [5.41, 5.74) is 5.51. The molecular formula is C9H14ClN5O. The minimum atomic E-state index is -0.438. The molecule has 1 unspecified atom stereocenters. The average molecular weight is 244 g/mol. The smallest absolute Gasteiger partial charge is 0.242 e. The van der Waals surface area contributed by atoms with Crippen molar-refractivity contribution in [3.63, 3.8) is 0 Å². The lowest BCUT2D eigenvalue weighted by Gasteiger charge is -2.14. The van der Waals surface area contributed by atoms with Crippen LogP contribution >= 0.6 is 11.6 Å². The summed E-state index contributed by atoms with van der Waals surface area (Å²) in [5, 5.41) is 5.76. The van der Waals surface area contributed by atoms with Gasteiger partial charge in [0.1, 0.15) is 23.2 Å². The Labute approximate surface area is 98.6 Å². The fourth-order valence-corrected chi connectivity index (χ4v) is 1.23. The van der Waals surface area contributed by atoms with Gasteiger partial charge in [0.05, 0.1) is 0 Å². The number of nitrogen functional groups attached to an aromatic ring is 1. The van der Waals surface area contributed by atoms with Gasteiger partial charge in [0.2, 0.25) is 5.91 Å². The topological polar surface area (TPSA) is 92.9 Å². The number of amides is 1. The summed E-state index contributed by atoms with van der Waals surface area (Å²) >= 11 is 5.87. The van der Waals surface area contributed by atoms with Crippen LogP contribution in [-0.2, 0) is 4.79 Å². The zero-order valence-electron chi connectivity index (χ0n) is 9.12. The molecule has 0 aromatic carbocycles. The van der Waals surface area contributed by atoms with Crippen molar-refractivity contribution in [3.8, 4) is 0 Å². The number of aromatic nitrogens is 2. The summed E-state index contributed by atoms with van der Waals surface area (Å²) in [6.45, 7) is 4.13. The number of hydrogen-bond acceptors (Lipinski definition) is 5. The van der Waals surface area contributed by atoms with E-state index in [1.807, 2.05) is 6.92 Å². The first-order chi connectivity index (χ1) is 7.56. The summed E-state index contributed by atoms with van der Waals surface area (Å²) < 4.78 is 0. The zero-order chi connectivity index (χ0) is 12.1. The minimum Gasteiger partial charge on any atom is -0.382 e. The maximum absolute atomic E-state index is 11.5. The van der Waals surface area contributed by atoms with E-state index in [9.17, 15) is 4.79 Å². The molecule has 4 N–H and O–H groups in total. The highest BCUT2D eigenvalue weighted by atomic mass is 35.5. The fourth-order valence-electron chi connectivity index (χ4n) is 1.08. The predicted molar refractivity (Wildman–Crippen MR) is 63.2 cm³/mol. The van der Waals surface area contributed by atoms with Crippen LogP contribution in [0.5, 0.6) is 0 Å². The van der Waals surface area contributed by atoms with E-state index < -0.39 is 6.04 Å². The molecule has 1 heterocycles. The number of nitrogens with two attached hydrogens (primary N) is 1. The van der Waals surface area contributed by atoms with E-state index in [4.69, 9.17) is 17.3 Å². The molecule has 0 bridgehead atoms. The van der Waals surface area contributed by atoms with Crippen molar-refractivity contribution in [3.05, 3.63) is 11.3 Å². The lowest BCUT2D eigenvalue weighted by molar-refractivity contribution is -0.121. The molecule has 0 saturated carbocycles. The first kappa shape index (κ1) is 12.5. The highest BCUT2D eigenvalue weighted by Gasteiger charge is 2.14. The average Bonchev–Trinajstić information content (AvgIpc) is 2.25. The fraction of sp³-hybridized carbons (Fsp3) is 0.444. The Morgan fingerprint density at radius 3 is 2.94 bits per heavy atom. The van der Waals surface area contributed by atoms with Crippen LogP contribution in [0, 0.1) is 0 Å². The van der Waals surface area contributed by atoms with Gasteiger partial charge >= 0.3 is 0 Å². The van der Waals surface area contributed by atoms with E-state index in [0.717, 1.165) is 0 Å². The van der Waals surface area contributed by atoms with Gasteiger partial charge in [-0.05, 0) is 13.8 Å². The SMILES string of the molecule is CCNC(=O)C(C)Nc1ncnc(N)c1Cl. The quantitative estimate of drug-likeness (QED) is 0.722. The van der Waals surface area contributed by atoms with Crippen molar-refractivity contribution in [1.82, 2.24) is 15.3 Å². The van der Waals surface area contributed by atoms with Crippen LogP contribution in [0.25, 0.3) is 0 Å². The molecule has 1 aromatic rings. The number of anilines is 2. The molecule has 16 heavy (non-hydrogen) atoms. The Kier molecular flexibility index (Phi) is 4.30. The lowest BCUT2D eigenvalue weighted by Crippen LogP contribution is -2.37. The first-order valence-electron chi connectivity index (χ1n) is 4.86. The molecule has 0 aliphatic heterocycles. The molecule has 1 rings (SSSR count). The Bertz CT molecular complexity index is 384. The van der Waals surface area contributed by atoms with Crippen molar-refractivity contribution in [2.24, 2.45) is 0 Å². The van der Waals surface area contributed by atoms with E-state index in [-0.39, 0.29) is 16.7 Å². The van der Waals surface area contributed by atoms with Crippen LogP contribution < -0.4 is 16.4 Å². The number of carbonyl (C=O) groups is 1. The van der Waals surface area contributed by atoms with E-state index in [1.165, 1.54) is 6.33 Å². The number of carbonyl (C=O) groups excluding carboxylic acids is 1. The van der Waals surface area contributed by atoms with Crippen LogP contribution in [0.3, 0.4) is 0 Å². The molecule has 0 aliphatic carbocycles. The largest absolute Gasteiger partial charge is 0.382 e. The van der Waals surface area contributed by atoms with Gasteiger partial charge in [0.25, 0.3) is 0 Å². The van der Waals surface area contributed by atoms with Crippen molar-refractivity contribution in [2.45, 2.75) is 19.9 Å². The monoisotopic (exact) mass is 243 g/mol. The van der Waals surface area contributed by atoms with Crippen molar-refractivity contribution in [2.75, 3.05) is 17.6 Å². The number of nitrogens with zero attached hydrogens (tertiary/aromatic N) is 2. The molecule has 88 valence electrons. The number of likely N-dealkylation sites (N-methyl/N-ethyl adjacent to an activating group) is 1. The Morgan fingerprint density at radius 2 is 2.31 bits per heavy atom. The molecular weight excluding hydrogens is 230 g/mol. The molecule has 6 nitrogen and oxygen atoms in total. The second kappa shape index (κ2) is 5.50. The molecule has 1 atom stereocenters. The third-order valence-corrected chi connectivity index (χ3v) is 2.29. The van der Waals surface area contributed by atoms with Crippen molar-refractivity contribution < 1.29 is 4.79 Å². The molecule has 0 radical (unpaired) electrons. The standard InChI is InChI=1S/C9H14ClN5O/c1-3-12-9(16)5(2)15-8-6(10)7(11)13-4-14-8/h4-5H,3H2,1-2H3,(H,12,16)(H3,11,13,14,15). The second-order valence-electron chi connectivity index (χ2n) is 3.18. The van der Waals surface area contributed by atoms with Crippen LogP contribution in [0.2, 0.25) is 5.02 Å². The summed E-state index contributed by atoms with van der Waals surface area (Å²) in [5.74, 6) is 0.408. The maximum atomic E-state index is 11.5. The van der Waals surface area contributed by atoms with Crippen LogP contribution in [0.1, 0.15) is 13.8 Å². The van der Waals surface area contributed by atoms with Gasteiger partial charge < -0.3 is 16.4 Å². The highest BCUT2D eigenvalue weighted by Crippen LogP contribution is 2.23. The Hall–Kier alpha value is -1.56. The summed E-state index contributed by atoms with van der Waals surface area (Å²) in [6, 6.07) is -0.438. The van der Waals surface area contributed by atoms with E-state index in [1.54, 1.807) is 6.92 Å². The molecule has 0 spiro atoms. The molecule has 1 aromatic heterocycles. The predicted octanol–water partition coefficient (Wildman–Crippen LogP) is 0.649. The van der Waals surface area contributed by atoms with Crippen LogP contribution in [0.15, 0.2) is 6.33 Å². The number of rotatable bonds is 4. The van der Waals surface area contributed by atoms with Crippen molar-refractivity contribution in [1.29, 1.82) is 0 Å². The van der Waals surface area contributed by atoms with Gasteiger partial charge in [-0.2, -0.15) is 0 Å². The van der Waals surface area contributed by atoms with E-state index in [0.29, 0.717) is 12.4 Å². The first-order valence-corrected chi connectivity index (χ1v) is 5.24. The number of nitrogens with one attached hydrogen (secondary N) is 2. The number of halogens is 1. The zero-order valence-corrected chi connectivity index (χ0v) is 9.88. The summed E-state index contributed by atoms with van der Waals surface area (Å²) in [7, 11) is 0. The molecule has 1 amide bonds. The van der Waals surface area contributed by atoms with Gasteiger partial charge in [0.15, 0.2) is 5.82 Å². The molecule has 7 heteroatoms. The summed E-state index contributed by atoms with van der Waals surface area (Å²) in [4.78, 5) is 19.1. The van der Waals surface area contributed by atoms with Gasteiger partial charge in [0, 0.05) is 6.54 Å². The molecule has 0 fully saturated rings. The highest BCUT2D eigenvalue weighted by molar-refractivity contribution is 6.35. The summed E-state index contributed by atoms with van der Waals surface area (Å²) in [6.07, 6.45) is 1.29. The van der Waals surface area contributed by atoms with Crippen LogP contribution in [-0.4, -0.2) is 28.5 Å². The Morgan fingerprint density at radius 1 is 1.62 bits per heavy atom. The third kappa shape index (κ3) is 2.96. The molecule has 0 saturated heterocycles.